The lowest BCUT2D eigenvalue weighted by Crippen LogP contribution is -2.44. The molecule has 2 aromatic heterocycles. The zero-order valence-corrected chi connectivity index (χ0v) is 21.2. The molecule has 3 aromatic rings. The van der Waals surface area contributed by atoms with Crippen molar-refractivity contribution in [3.05, 3.63) is 71.2 Å². The summed E-state index contributed by atoms with van der Waals surface area (Å²) in [5.74, 6) is -2.73. The van der Waals surface area contributed by atoms with Crippen LogP contribution in [0.4, 0.5) is 22.0 Å². The second kappa shape index (κ2) is 10.6. The number of aryl methyl sites for hydroxylation is 1. The van der Waals surface area contributed by atoms with Gasteiger partial charge in [-0.1, -0.05) is 17.7 Å². The van der Waals surface area contributed by atoms with E-state index in [4.69, 9.17) is 11.6 Å². The van der Waals surface area contributed by atoms with Crippen molar-refractivity contribution < 1.29 is 35.2 Å². The predicted molar refractivity (Wildman–Crippen MR) is 127 cm³/mol. The molecule has 3 atom stereocenters. The number of aromatic nitrogens is 3. The summed E-state index contributed by atoms with van der Waals surface area (Å²) in [7, 11) is -4.28. The summed E-state index contributed by atoms with van der Waals surface area (Å²) in [4.78, 5) is 23.3. The molecule has 0 radical (unpaired) electrons. The summed E-state index contributed by atoms with van der Waals surface area (Å²) in [6.07, 6.45) is -4.56. The van der Waals surface area contributed by atoms with Gasteiger partial charge < -0.3 is 0 Å². The molecule has 1 fully saturated rings. The number of Topliss-reactive ketones (excluding diaryl/α,β-unsaturated/α-hetero) is 1. The van der Waals surface area contributed by atoms with Gasteiger partial charge in [-0.3, -0.25) is 9.78 Å². The van der Waals surface area contributed by atoms with Crippen molar-refractivity contribution in [3.63, 3.8) is 0 Å². The maximum absolute atomic E-state index is 14.6. The Hall–Kier alpha value is -3.03. The third-order valence-corrected chi connectivity index (χ3v) is 8.43. The normalized spacial score (nSPS) is 20.6. The van der Waals surface area contributed by atoms with Crippen LogP contribution in [-0.2, 0) is 27.4 Å². The Morgan fingerprint density at radius 3 is 2.45 bits per heavy atom. The number of ketones is 1. The van der Waals surface area contributed by atoms with Gasteiger partial charge in [-0.2, -0.15) is 17.5 Å². The van der Waals surface area contributed by atoms with Crippen LogP contribution in [0.15, 0.2) is 53.8 Å². The van der Waals surface area contributed by atoms with Gasteiger partial charge in [0.05, 0.1) is 28.9 Å². The van der Waals surface area contributed by atoms with Crippen LogP contribution in [0.5, 0.6) is 0 Å². The van der Waals surface area contributed by atoms with E-state index < -0.39 is 51.9 Å². The maximum Gasteiger partial charge on any atom is 0.451 e. The Balaban J connectivity index is 1.54. The summed E-state index contributed by atoms with van der Waals surface area (Å²) in [5, 5.41) is 0.153. The van der Waals surface area contributed by atoms with Crippen molar-refractivity contribution in [3.8, 4) is 11.3 Å². The van der Waals surface area contributed by atoms with Crippen LogP contribution in [0.2, 0.25) is 5.02 Å². The Morgan fingerprint density at radius 2 is 1.82 bits per heavy atom. The second-order valence-corrected chi connectivity index (χ2v) is 11.0. The molecule has 0 saturated carbocycles. The van der Waals surface area contributed by atoms with Crippen LogP contribution in [0.25, 0.3) is 11.3 Å². The number of sulfonamides is 1. The number of pyridine rings is 1. The molecule has 202 valence electrons. The van der Waals surface area contributed by atoms with E-state index >= 15 is 0 Å². The first kappa shape index (κ1) is 28.0. The minimum atomic E-state index is -4.73. The number of nitrogens with zero attached hydrogens (tertiary/aromatic N) is 4. The standard InChI is InChI=1S/C24H20ClF5N4O3S/c1-13-18(26)9-21(34(13)38(36,37)17-4-2-3-16(25)8-17)22(35)6-5-14-7-20(31-12-19(14)27)15-10-32-23(33-11-15)24(28,29)30/h2-4,7-8,10-13,18,21H,5-6,9H2,1H3/t13-,18+,21-/m1/s1. The molecule has 0 spiro atoms. The van der Waals surface area contributed by atoms with E-state index in [1.54, 1.807) is 0 Å². The van der Waals surface area contributed by atoms with Gasteiger partial charge in [-0.15, -0.1) is 0 Å². The molecular formula is C24H20ClF5N4O3S. The number of carbonyl (C=O) groups is 1. The molecule has 0 aliphatic carbocycles. The minimum Gasteiger partial charge on any atom is -0.298 e. The van der Waals surface area contributed by atoms with E-state index in [2.05, 4.69) is 15.0 Å². The fourth-order valence-electron chi connectivity index (χ4n) is 4.23. The highest BCUT2D eigenvalue weighted by Crippen LogP contribution is 2.35. The highest BCUT2D eigenvalue weighted by molar-refractivity contribution is 7.89. The SMILES string of the molecule is C[C@@H]1[C@@H](F)C[C@H](C(=O)CCc2cc(-c3cnc(C(F)(F)F)nc3)ncc2F)N1S(=O)(=O)c1cccc(Cl)c1. The van der Waals surface area contributed by atoms with Crippen molar-refractivity contribution in [2.75, 3.05) is 0 Å². The lowest BCUT2D eigenvalue weighted by atomic mass is 10.0. The van der Waals surface area contributed by atoms with Gasteiger partial charge in [-0.25, -0.2) is 27.2 Å². The maximum atomic E-state index is 14.6. The number of carbonyl (C=O) groups excluding carboxylic acids is 1. The third kappa shape index (κ3) is 5.69. The smallest absolute Gasteiger partial charge is 0.298 e. The third-order valence-electron chi connectivity index (χ3n) is 6.20. The predicted octanol–water partition coefficient (Wildman–Crippen LogP) is 5.04. The molecule has 1 aliphatic heterocycles. The summed E-state index contributed by atoms with van der Waals surface area (Å²) in [5.41, 5.74) is 0.177. The lowest BCUT2D eigenvalue weighted by Gasteiger charge is -2.27. The van der Waals surface area contributed by atoms with Crippen molar-refractivity contribution in [2.24, 2.45) is 0 Å². The molecular weight excluding hydrogens is 555 g/mol. The molecule has 0 amide bonds. The van der Waals surface area contributed by atoms with Gasteiger partial charge in [0.25, 0.3) is 0 Å². The number of rotatable bonds is 7. The Labute approximate surface area is 219 Å². The first-order chi connectivity index (χ1) is 17.8. The largest absolute Gasteiger partial charge is 0.451 e. The van der Waals surface area contributed by atoms with Crippen molar-refractivity contribution in [1.29, 1.82) is 0 Å². The molecule has 0 N–H and O–H groups in total. The quantitative estimate of drug-likeness (QED) is 0.367. The first-order valence-corrected chi connectivity index (χ1v) is 13.1. The first-order valence-electron chi connectivity index (χ1n) is 11.3. The monoisotopic (exact) mass is 574 g/mol. The summed E-state index contributed by atoms with van der Waals surface area (Å²) < 4.78 is 94.6. The Kier molecular flexibility index (Phi) is 7.82. The Bertz CT molecular complexity index is 1450. The fourth-order valence-corrected chi connectivity index (χ4v) is 6.36. The molecule has 0 unspecified atom stereocenters. The van der Waals surface area contributed by atoms with Gasteiger partial charge in [0.2, 0.25) is 15.8 Å². The zero-order valence-electron chi connectivity index (χ0n) is 19.7. The summed E-state index contributed by atoms with van der Waals surface area (Å²) >= 11 is 5.92. The topological polar surface area (TPSA) is 93.1 Å². The van der Waals surface area contributed by atoms with Crippen molar-refractivity contribution >= 4 is 27.4 Å². The summed E-state index contributed by atoms with van der Waals surface area (Å²) in [6.45, 7) is 1.36. The van der Waals surface area contributed by atoms with E-state index in [1.165, 1.54) is 37.3 Å². The molecule has 38 heavy (non-hydrogen) atoms. The fraction of sp³-hybridized carbons (Fsp3) is 0.333. The van der Waals surface area contributed by atoms with E-state index in [1.807, 2.05) is 0 Å². The van der Waals surface area contributed by atoms with Gasteiger partial charge in [0, 0.05) is 35.8 Å². The minimum absolute atomic E-state index is 0.00957. The molecule has 4 rings (SSSR count). The highest BCUT2D eigenvalue weighted by atomic mass is 35.5. The van der Waals surface area contributed by atoms with Gasteiger partial charge in [-0.05, 0) is 43.2 Å². The molecule has 1 aromatic carbocycles. The number of alkyl halides is 4. The van der Waals surface area contributed by atoms with E-state index in [0.29, 0.717) is 0 Å². The van der Waals surface area contributed by atoms with Crippen LogP contribution in [0, 0.1) is 5.82 Å². The van der Waals surface area contributed by atoms with Crippen molar-refractivity contribution in [2.45, 2.75) is 55.5 Å². The number of hydrogen-bond donors (Lipinski definition) is 0. The molecule has 1 saturated heterocycles. The number of hydrogen-bond acceptors (Lipinski definition) is 6. The average Bonchev–Trinajstić information content (AvgIpc) is 3.17. The Morgan fingerprint density at radius 1 is 1.13 bits per heavy atom. The molecule has 0 bridgehead atoms. The van der Waals surface area contributed by atoms with Crippen molar-refractivity contribution in [1.82, 2.24) is 19.3 Å². The lowest BCUT2D eigenvalue weighted by molar-refractivity contribution is -0.145. The number of benzene rings is 1. The van der Waals surface area contributed by atoms with E-state index in [-0.39, 0.29) is 46.0 Å². The molecule has 3 heterocycles. The second-order valence-electron chi connectivity index (χ2n) is 8.72. The zero-order chi connectivity index (χ0) is 27.8. The number of halogens is 6. The van der Waals surface area contributed by atoms with Crippen LogP contribution in [0.1, 0.15) is 31.2 Å². The van der Waals surface area contributed by atoms with Gasteiger partial charge in [0.15, 0.2) is 5.78 Å². The van der Waals surface area contributed by atoms with Crippen LogP contribution in [-0.4, -0.2) is 51.7 Å². The molecule has 7 nitrogen and oxygen atoms in total. The summed E-state index contributed by atoms with van der Waals surface area (Å²) in [6, 6.07) is 4.21. The van der Waals surface area contributed by atoms with E-state index in [9.17, 15) is 35.2 Å². The van der Waals surface area contributed by atoms with Crippen LogP contribution in [0.3, 0.4) is 0 Å². The molecule has 14 heteroatoms. The molecule has 1 aliphatic rings. The average molecular weight is 575 g/mol. The van der Waals surface area contributed by atoms with Gasteiger partial charge in [0.1, 0.15) is 12.0 Å². The van der Waals surface area contributed by atoms with Crippen LogP contribution < -0.4 is 0 Å². The van der Waals surface area contributed by atoms with Gasteiger partial charge >= 0.3 is 6.18 Å². The van der Waals surface area contributed by atoms with E-state index in [0.717, 1.165) is 22.9 Å². The van der Waals surface area contributed by atoms with Crippen LogP contribution >= 0.6 is 11.6 Å². The highest BCUT2D eigenvalue weighted by Gasteiger charge is 2.48.